The van der Waals surface area contributed by atoms with Gasteiger partial charge in [-0.1, -0.05) is 58.0 Å². The summed E-state index contributed by atoms with van der Waals surface area (Å²) in [5, 5.41) is 2.88. The van der Waals surface area contributed by atoms with Gasteiger partial charge in [-0.25, -0.2) is 13.2 Å². The van der Waals surface area contributed by atoms with Gasteiger partial charge < -0.3 is 15.0 Å². The number of alkyl carbamates (subject to hydrolysis) is 1. The van der Waals surface area contributed by atoms with Crippen LogP contribution in [0.4, 0.5) is 10.5 Å². The van der Waals surface area contributed by atoms with Crippen molar-refractivity contribution in [1.82, 2.24) is 5.32 Å². The van der Waals surface area contributed by atoms with Gasteiger partial charge in [0, 0.05) is 21.8 Å². The van der Waals surface area contributed by atoms with Crippen molar-refractivity contribution in [1.29, 1.82) is 0 Å². The quantitative estimate of drug-likeness (QED) is 0.554. The SMILES string of the molecule is CC(C)(C)OC(=O)N[C@H](Cc1ccccc1)C(=O)N=C1S[C@@H]2CS(=O)(=O)C[C@H]2N1c1ccc(Br)cc1. The van der Waals surface area contributed by atoms with Gasteiger partial charge in [0.25, 0.3) is 5.91 Å². The van der Waals surface area contributed by atoms with Crippen molar-refractivity contribution in [3.63, 3.8) is 0 Å². The molecule has 2 amide bonds. The van der Waals surface area contributed by atoms with E-state index in [9.17, 15) is 18.0 Å². The summed E-state index contributed by atoms with van der Waals surface area (Å²) in [4.78, 5) is 32.2. The van der Waals surface area contributed by atoms with Crippen molar-refractivity contribution in [2.75, 3.05) is 16.4 Å². The third-order valence-corrected chi connectivity index (χ3v) is 9.39. The Balaban J connectivity index is 1.64. The second kappa shape index (κ2) is 10.5. The molecule has 0 radical (unpaired) electrons. The lowest BCUT2D eigenvalue weighted by Crippen LogP contribution is -2.45. The Bertz CT molecular complexity index is 1260. The van der Waals surface area contributed by atoms with Crippen LogP contribution in [0.2, 0.25) is 0 Å². The van der Waals surface area contributed by atoms with Gasteiger partial charge in [-0.2, -0.15) is 4.99 Å². The summed E-state index contributed by atoms with van der Waals surface area (Å²) in [5.41, 5.74) is 0.888. The highest BCUT2D eigenvalue weighted by atomic mass is 79.9. The van der Waals surface area contributed by atoms with Crippen LogP contribution in [-0.2, 0) is 25.8 Å². The highest BCUT2D eigenvalue weighted by Crippen LogP contribution is 2.41. The summed E-state index contributed by atoms with van der Waals surface area (Å²) in [6.07, 6.45) is -0.469. The molecule has 0 saturated carbocycles. The van der Waals surface area contributed by atoms with Gasteiger partial charge in [0.05, 0.1) is 17.5 Å². The molecule has 0 aliphatic carbocycles. The first kappa shape index (κ1) is 26.7. The van der Waals surface area contributed by atoms with Crippen LogP contribution >= 0.6 is 27.7 Å². The smallest absolute Gasteiger partial charge is 0.408 e. The molecular weight excluding hydrogens is 566 g/mol. The average Bonchev–Trinajstić information content (AvgIpc) is 3.24. The number of carbonyl (C=O) groups is 2. The zero-order valence-corrected chi connectivity index (χ0v) is 23.4. The van der Waals surface area contributed by atoms with Crippen molar-refractivity contribution >= 4 is 60.4 Å². The van der Waals surface area contributed by atoms with Crippen LogP contribution in [0.25, 0.3) is 0 Å². The zero-order chi connectivity index (χ0) is 26.1. The number of sulfone groups is 1. The Morgan fingerprint density at radius 3 is 2.44 bits per heavy atom. The van der Waals surface area contributed by atoms with Crippen LogP contribution in [0, 0.1) is 0 Å². The minimum atomic E-state index is -3.18. The molecular formula is C25H28BrN3O5S2. The molecule has 2 aliphatic heterocycles. The van der Waals surface area contributed by atoms with Crippen LogP contribution in [0.5, 0.6) is 0 Å². The van der Waals surface area contributed by atoms with Gasteiger partial charge in [-0.15, -0.1) is 0 Å². The van der Waals surface area contributed by atoms with Crippen molar-refractivity contribution in [2.24, 2.45) is 4.99 Å². The van der Waals surface area contributed by atoms with E-state index in [2.05, 4.69) is 26.2 Å². The maximum atomic E-state index is 13.5. The second-order valence-electron chi connectivity index (χ2n) is 9.77. The molecule has 2 heterocycles. The van der Waals surface area contributed by atoms with Gasteiger partial charge in [0.2, 0.25) is 0 Å². The molecule has 2 fully saturated rings. The third-order valence-electron chi connectivity index (χ3n) is 5.65. The number of amides is 2. The van der Waals surface area contributed by atoms with Crippen molar-refractivity contribution in [2.45, 2.75) is 50.1 Å². The van der Waals surface area contributed by atoms with E-state index in [0.29, 0.717) is 5.17 Å². The molecule has 2 aromatic rings. The fourth-order valence-corrected chi connectivity index (χ4v) is 8.32. The average molecular weight is 595 g/mol. The van der Waals surface area contributed by atoms with Gasteiger partial charge in [-0.05, 0) is 50.6 Å². The summed E-state index contributed by atoms with van der Waals surface area (Å²) < 4.78 is 30.9. The number of halogens is 1. The summed E-state index contributed by atoms with van der Waals surface area (Å²) in [6, 6.07) is 15.5. The minimum Gasteiger partial charge on any atom is -0.444 e. The number of nitrogens with one attached hydrogen (secondary N) is 1. The van der Waals surface area contributed by atoms with Gasteiger partial charge >= 0.3 is 6.09 Å². The number of anilines is 1. The van der Waals surface area contributed by atoms with E-state index in [1.165, 1.54) is 11.8 Å². The minimum absolute atomic E-state index is 0.00244. The molecule has 2 aliphatic rings. The van der Waals surface area contributed by atoms with Crippen molar-refractivity contribution < 1.29 is 22.7 Å². The van der Waals surface area contributed by atoms with Gasteiger partial charge in [0.15, 0.2) is 15.0 Å². The number of hydrogen-bond donors (Lipinski definition) is 1. The lowest BCUT2D eigenvalue weighted by molar-refractivity contribution is -0.119. The number of ether oxygens (including phenoxy) is 1. The molecule has 0 bridgehead atoms. The molecule has 0 spiro atoms. The monoisotopic (exact) mass is 593 g/mol. The fraction of sp³-hybridized carbons (Fsp3) is 0.400. The summed E-state index contributed by atoms with van der Waals surface area (Å²) in [6.45, 7) is 5.25. The highest BCUT2D eigenvalue weighted by molar-refractivity contribution is 9.10. The number of nitrogens with zero attached hydrogens (tertiary/aromatic N) is 2. The topological polar surface area (TPSA) is 105 Å². The molecule has 4 rings (SSSR count). The zero-order valence-electron chi connectivity index (χ0n) is 20.2. The predicted molar refractivity (Wildman–Crippen MR) is 146 cm³/mol. The molecule has 3 atom stereocenters. The standard InChI is InChI=1S/C25H28BrN3O5S2/c1-25(2,3)34-24(31)27-19(13-16-7-5-4-6-8-16)22(30)28-23-29(18-11-9-17(26)10-12-18)20-14-36(32,33)15-21(20)35-23/h4-12,19-21H,13-15H2,1-3H3,(H,27,31)/t19-,20-,21-/m1/s1. The Kier molecular flexibility index (Phi) is 7.82. The van der Waals surface area contributed by atoms with Gasteiger partial charge in [-0.3, -0.25) is 4.79 Å². The highest BCUT2D eigenvalue weighted by Gasteiger charge is 2.49. The number of carbonyl (C=O) groups excluding carboxylic acids is 2. The largest absolute Gasteiger partial charge is 0.444 e. The molecule has 36 heavy (non-hydrogen) atoms. The number of rotatable bonds is 5. The van der Waals surface area contributed by atoms with E-state index in [1.54, 1.807) is 20.8 Å². The lowest BCUT2D eigenvalue weighted by atomic mass is 10.1. The number of fused-ring (bicyclic) bond motifs is 1. The van der Waals surface area contributed by atoms with E-state index in [4.69, 9.17) is 4.74 Å². The number of aliphatic imine (C=N–C) groups is 1. The molecule has 11 heteroatoms. The first-order valence-electron chi connectivity index (χ1n) is 11.5. The number of hydrogen-bond acceptors (Lipinski definition) is 6. The number of amidine groups is 1. The molecule has 2 saturated heterocycles. The van der Waals surface area contributed by atoms with E-state index in [-0.39, 0.29) is 29.2 Å². The molecule has 1 N–H and O–H groups in total. The summed E-state index contributed by atoms with van der Waals surface area (Å²) in [7, 11) is -3.18. The normalized spacial score (nSPS) is 22.8. The summed E-state index contributed by atoms with van der Waals surface area (Å²) >= 11 is 4.71. The first-order chi connectivity index (χ1) is 16.9. The van der Waals surface area contributed by atoms with Crippen molar-refractivity contribution in [3.05, 3.63) is 64.6 Å². The van der Waals surface area contributed by atoms with E-state index in [0.717, 1.165) is 15.7 Å². The predicted octanol–water partition coefficient (Wildman–Crippen LogP) is 4.19. The van der Waals surface area contributed by atoms with Crippen LogP contribution in [-0.4, -0.2) is 60.0 Å². The van der Waals surface area contributed by atoms with Crippen LogP contribution in [0.15, 0.2) is 64.1 Å². The van der Waals surface area contributed by atoms with E-state index >= 15 is 0 Å². The summed E-state index contributed by atoms with van der Waals surface area (Å²) in [5.74, 6) is -0.499. The lowest BCUT2D eigenvalue weighted by Gasteiger charge is -2.25. The van der Waals surface area contributed by atoms with E-state index < -0.39 is 33.5 Å². The van der Waals surface area contributed by atoms with Gasteiger partial charge in [0.1, 0.15) is 11.6 Å². The molecule has 2 aromatic carbocycles. The molecule has 0 aromatic heterocycles. The third kappa shape index (κ3) is 6.68. The molecule has 192 valence electrons. The Morgan fingerprint density at radius 2 is 1.81 bits per heavy atom. The van der Waals surface area contributed by atoms with Crippen LogP contribution in [0.3, 0.4) is 0 Å². The Hall–Kier alpha value is -2.37. The molecule has 0 unspecified atom stereocenters. The molecule has 8 nitrogen and oxygen atoms in total. The fourth-order valence-electron chi connectivity index (χ4n) is 4.14. The maximum absolute atomic E-state index is 13.5. The van der Waals surface area contributed by atoms with Crippen molar-refractivity contribution in [3.8, 4) is 0 Å². The maximum Gasteiger partial charge on any atom is 0.408 e. The van der Waals surface area contributed by atoms with Crippen LogP contribution < -0.4 is 10.2 Å². The Morgan fingerprint density at radius 1 is 1.14 bits per heavy atom. The van der Waals surface area contributed by atoms with Crippen LogP contribution in [0.1, 0.15) is 26.3 Å². The second-order valence-corrected chi connectivity index (χ2v) is 14.0. The first-order valence-corrected chi connectivity index (χ1v) is 15.0. The van der Waals surface area contributed by atoms with E-state index in [1.807, 2.05) is 59.5 Å². The number of thioether (sulfide) groups is 1. The Labute approximate surface area is 223 Å². The number of benzene rings is 2.